The van der Waals surface area contributed by atoms with Crippen LogP contribution in [0.25, 0.3) is 0 Å². The van der Waals surface area contributed by atoms with E-state index in [9.17, 15) is 9.59 Å². The summed E-state index contributed by atoms with van der Waals surface area (Å²) in [6, 6.07) is 0. The minimum atomic E-state index is -0.851. The molecule has 2 aliphatic carbocycles. The second-order valence-corrected chi connectivity index (χ2v) is 9.33. The molecular weight excluding hydrogens is 328 g/mol. The van der Waals surface area contributed by atoms with Gasteiger partial charge in [-0.1, -0.05) is 38.5 Å². The van der Waals surface area contributed by atoms with Crippen molar-refractivity contribution in [3.05, 3.63) is 0 Å². The number of rotatable bonds is 7. The van der Waals surface area contributed by atoms with Crippen LogP contribution in [0.1, 0.15) is 98.8 Å². The Morgan fingerprint density at radius 3 is 1.77 bits per heavy atom. The van der Waals surface area contributed by atoms with Crippen molar-refractivity contribution in [2.75, 3.05) is 0 Å². The van der Waals surface area contributed by atoms with Gasteiger partial charge < -0.3 is 9.47 Å². The fraction of sp³-hybridized carbons (Fsp3) is 0.909. The lowest BCUT2D eigenvalue weighted by molar-refractivity contribution is -0.192. The molecule has 2 fully saturated rings. The number of carbonyl (C=O) groups excluding carboxylic acids is 2. The summed E-state index contributed by atoms with van der Waals surface area (Å²) < 4.78 is 12.0. The van der Waals surface area contributed by atoms with Crippen LogP contribution in [0.2, 0.25) is 0 Å². The molecule has 0 bridgehead atoms. The summed E-state index contributed by atoms with van der Waals surface area (Å²) >= 11 is 0. The van der Waals surface area contributed by atoms with Crippen molar-refractivity contribution in [1.29, 1.82) is 0 Å². The highest BCUT2D eigenvalue weighted by atomic mass is 16.6. The highest BCUT2D eigenvalue weighted by Crippen LogP contribution is 2.33. The molecule has 0 amide bonds. The van der Waals surface area contributed by atoms with Crippen LogP contribution in [-0.4, -0.2) is 29.1 Å². The first-order valence-electron chi connectivity index (χ1n) is 10.6. The first kappa shape index (κ1) is 21.4. The maximum atomic E-state index is 12.9. The minimum Gasteiger partial charge on any atom is -0.457 e. The monoisotopic (exact) mass is 366 g/mol. The molecule has 2 rings (SSSR count). The third-order valence-electron chi connectivity index (χ3n) is 6.32. The smallest absolute Gasteiger partial charge is 0.309 e. The summed E-state index contributed by atoms with van der Waals surface area (Å²) in [6.45, 7) is 9.40. The Kier molecular flexibility index (Phi) is 7.29. The molecular formula is C22H38O4. The summed E-state index contributed by atoms with van der Waals surface area (Å²) in [6.07, 6.45) is 10.4. The van der Waals surface area contributed by atoms with Crippen molar-refractivity contribution in [2.24, 2.45) is 11.8 Å². The van der Waals surface area contributed by atoms with Crippen molar-refractivity contribution < 1.29 is 19.1 Å². The Morgan fingerprint density at radius 1 is 0.808 bits per heavy atom. The molecule has 0 aliphatic heterocycles. The summed E-state index contributed by atoms with van der Waals surface area (Å²) in [5.74, 6) is 0.214. The Labute approximate surface area is 159 Å². The van der Waals surface area contributed by atoms with Gasteiger partial charge in [-0.2, -0.15) is 0 Å². The second-order valence-electron chi connectivity index (χ2n) is 9.33. The third kappa shape index (κ3) is 5.55. The Balaban J connectivity index is 1.93. The minimum absolute atomic E-state index is 0.0205. The Morgan fingerprint density at radius 2 is 1.27 bits per heavy atom. The molecule has 2 saturated carbocycles. The number of carbonyl (C=O) groups is 2. The van der Waals surface area contributed by atoms with Gasteiger partial charge in [-0.05, 0) is 60.3 Å². The van der Waals surface area contributed by atoms with Gasteiger partial charge in [0.25, 0.3) is 0 Å². The predicted molar refractivity (Wildman–Crippen MR) is 103 cm³/mol. The number of esters is 1. The number of hydrogen-bond donors (Lipinski definition) is 0. The van der Waals surface area contributed by atoms with E-state index in [1.165, 1.54) is 12.8 Å². The molecule has 0 aromatic carbocycles. The van der Waals surface area contributed by atoms with E-state index in [4.69, 9.17) is 9.47 Å². The molecule has 4 heteroatoms. The predicted octanol–water partition coefficient (Wildman–Crippen LogP) is 5.22. The van der Waals surface area contributed by atoms with E-state index < -0.39 is 11.2 Å². The molecule has 0 saturated heterocycles. The zero-order valence-corrected chi connectivity index (χ0v) is 17.4. The normalized spacial score (nSPS) is 22.0. The van der Waals surface area contributed by atoms with E-state index in [2.05, 4.69) is 0 Å². The maximum absolute atomic E-state index is 12.9. The van der Waals surface area contributed by atoms with Gasteiger partial charge in [0.15, 0.2) is 5.78 Å². The molecule has 1 unspecified atom stereocenters. The van der Waals surface area contributed by atoms with Gasteiger partial charge in [-0.15, -0.1) is 0 Å². The van der Waals surface area contributed by atoms with E-state index in [0.717, 1.165) is 51.4 Å². The molecule has 0 heterocycles. The van der Waals surface area contributed by atoms with Gasteiger partial charge in [0.2, 0.25) is 0 Å². The number of ether oxygens (including phenoxy) is 2. The summed E-state index contributed by atoms with van der Waals surface area (Å²) in [4.78, 5) is 25.4. The number of ketones is 1. The van der Waals surface area contributed by atoms with Crippen LogP contribution in [0, 0.1) is 11.8 Å². The molecule has 0 aromatic rings. The van der Waals surface area contributed by atoms with Gasteiger partial charge in [0.1, 0.15) is 11.2 Å². The molecule has 4 nitrogen and oxygen atoms in total. The van der Waals surface area contributed by atoms with E-state index in [1.54, 1.807) is 0 Å². The van der Waals surface area contributed by atoms with Crippen molar-refractivity contribution in [2.45, 2.75) is 116 Å². The summed E-state index contributed by atoms with van der Waals surface area (Å²) in [7, 11) is 0. The third-order valence-corrected chi connectivity index (χ3v) is 6.32. The average Bonchev–Trinajstić information content (AvgIpc) is 2.61. The van der Waals surface area contributed by atoms with Crippen LogP contribution in [0.5, 0.6) is 0 Å². The van der Waals surface area contributed by atoms with Crippen LogP contribution in [-0.2, 0) is 19.1 Å². The van der Waals surface area contributed by atoms with Gasteiger partial charge in [0, 0.05) is 5.92 Å². The van der Waals surface area contributed by atoms with Crippen LogP contribution in [0.4, 0.5) is 0 Å². The van der Waals surface area contributed by atoms with Crippen LogP contribution >= 0.6 is 0 Å². The molecule has 0 aromatic heterocycles. The Hall–Kier alpha value is -0.900. The standard InChI is InChI=1S/C22H38O4/c1-16(21(2,3)26-20(24)18-14-10-7-11-15-18)25-22(4,5)19(23)17-12-8-6-9-13-17/h16-18H,6-15H2,1-5H3. The first-order chi connectivity index (χ1) is 12.1. The summed E-state index contributed by atoms with van der Waals surface area (Å²) in [5.41, 5.74) is -1.60. The van der Waals surface area contributed by atoms with E-state index in [-0.39, 0.29) is 29.7 Å². The Bertz CT molecular complexity index is 482. The van der Waals surface area contributed by atoms with Crippen molar-refractivity contribution in [3.8, 4) is 0 Å². The van der Waals surface area contributed by atoms with Crippen LogP contribution < -0.4 is 0 Å². The lowest BCUT2D eigenvalue weighted by atomic mass is 9.80. The molecule has 2 aliphatic rings. The van der Waals surface area contributed by atoms with Crippen molar-refractivity contribution >= 4 is 11.8 Å². The molecule has 0 spiro atoms. The largest absolute Gasteiger partial charge is 0.457 e. The number of Topliss-reactive ketones (excluding diaryl/α,β-unsaturated/α-hetero) is 1. The quantitative estimate of drug-likeness (QED) is 0.580. The molecule has 26 heavy (non-hydrogen) atoms. The lowest BCUT2D eigenvalue weighted by Crippen LogP contribution is -2.49. The molecule has 150 valence electrons. The fourth-order valence-corrected chi connectivity index (χ4v) is 4.26. The first-order valence-corrected chi connectivity index (χ1v) is 10.6. The van der Waals surface area contributed by atoms with Gasteiger partial charge in [-0.25, -0.2) is 0 Å². The number of hydrogen-bond acceptors (Lipinski definition) is 4. The van der Waals surface area contributed by atoms with Gasteiger partial charge >= 0.3 is 5.97 Å². The zero-order valence-electron chi connectivity index (χ0n) is 17.4. The highest BCUT2D eigenvalue weighted by molar-refractivity contribution is 5.88. The van der Waals surface area contributed by atoms with Gasteiger partial charge in [0.05, 0.1) is 12.0 Å². The topological polar surface area (TPSA) is 52.6 Å². The maximum Gasteiger partial charge on any atom is 0.309 e. The van der Waals surface area contributed by atoms with E-state index in [0.29, 0.717) is 0 Å². The SMILES string of the molecule is CC(OC(C)(C)C(=O)C1CCCCC1)C(C)(C)OC(=O)C1CCCCC1. The van der Waals surface area contributed by atoms with Crippen molar-refractivity contribution in [3.63, 3.8) is 0 Å². The van der Waals surface area contributed by atoms with Gasteiger partial charge in [-0.3, -0.25) is 9.59 Å². The summed E-state index contributed by atoms with van der Waals surface area (Å²) in [5, 5.41) is 0. The van der Waals surface area contributed by atoms with E-state index in [1.807, 2.05) is 34.6 Å². The van der Waals surface area contributed by atoms with Crippen LogP contribution in [0.15, 0.2) is 0 Å². The van der Waals surface area contributed by atoms with Crippen molar-refractivity contribution in [1.82, 2.24) is 0 Å². The second kappa shape index (κ2) is 8.86. The molecule has 1 atom stereocenters. The highest BCUT2D eigenvalue weighted by Gasteiger charge is 2.41. The zero-order chi connectivity index (χ0) is 19.4. The van der Waals surface area contributed by atoms with E-state index >= 15 is 0 Å². The fourth-order valence-electron chi connectivity index (χ4n) is 4.26. The lowest BCUT2D eigenvalue weighted by Gasteiger charge is -2.39. The molecule has 0 radical (unpaired) electrons. The molecule has 0 N–H and O–H groups in total. The van der Waals surface area contributed by atoms with Crippen LogP contribution in [0.3, 0.4) is 0 Å². The average molecular weight is 367 g/mol.